The van der Waals surface area contributed by atoms with Gasteiger partial charge in [0.05, 0.1) is 18.9 Å². The molecule has 0 spiro atoms. The lowest BCUT2D eigenvalue weighted by atomic mass is 9.97. The fourth-order valence-electron chi connectivity index (χ4n) is 3.51. The van der Waals surface area contributed by atoms with Gasteiger partial charge in [-0.05, 0) is 23.8 Å². The largest absolute Gasteiger partial charge is 0.496 e. The Labute approximate surface area is 182 Å². The van der Waals surface area contributed by atoms with E-state index in [1.807, 2.05) is 0 Å². The number of hydrogen-bond acceptors (Lipinski definition) is 3. The summed E-state index contributed by atoms with van der Waals surface area (Å²) >= 11 is 3.33. The summed E-state index contributed by atoms with van der Waals surface area (Å²) in [5, 5.41) is 5.11. The lowest BCUT2D eigenvalue weighted by molar-refractivity contribution is 0.376. The Morgan fingerprint density at radius 3 is 2.06 bits per heavy atom. The molecule has 3 aromatic carbocycles. The van der Waals surface area contributed by atoms with Crippen molar-refractivity contribution in [1.29, 1.82) is 0 Å². The predicted molar refractivity (Wildman–Crippen MR) is 110 cm³/mol. The summed E-state index contributed by atoms with van der Waals surface area (Å²) in [6.07, 6.45) is 0.154. The third-order valence-electron chi connectivity index (χ3n) is 5.00. The topological polar surface area (TPSA) is 24.8 Å². The fourth-order valence-corrected chi connectivity index (χ4v) is 3.78. The Morgan fingerprint density at radius 1 is 0.871 bits per heavy atom. The lowest BCUT2D eigenvalue weighted by Crippen LogP contribution is -2.23. The van der Waals surface area contributed by atoms with E-state index in [2.05, 4.69) is 21.0 Å². The second-order valence-corrected chi connectivity index (χ2v) is 7.69. The average molecular weight is 497 g/mol. The van der Waals surface area contributed by atoms with Crippen LogP contribution in [0.5, 0.6) is 5.75 Å². The number of methoxy groups -OCH3 is 1. The van der Waals surface area contributed by atoms with Gasteiger partial charge in [0.15, 0.2) is 23.3 Å². The van der Waals surface area contributed by atoms with Gasteiger partial charge in [-0.15, -0.1) is 0 Å². The van der Waals surface area contributed by atoms with Crippen LogP contribution in [0.1, 0.15) is 23.6 Å². The van der Waals surface area contributed by atoms with E-state index in [4.69, 9.17) is 4.74 Å². The van der Waals surface area contributed by atoms with Gasteiger partial charge in [-0.25, -0.2) is 22.0 Å². The Kier molecular flexibility index (Phi) is 5.70. The first-order valence-corrected chi connectivity index (χ1v) is 9.89. The van der Waals surface area contributed by atoms with Crippen LogP contribution in [-0.2, 0) is 0 Å². The van der Waals surface area contributed by atoms with Crippen LogP contribution in [0.4, 0.5) is 27.6 Å². The maximum Gasteiger partial charge on any atom is 0.200 e. The molecule has 0 bridgehead atoms. The highest BCUT2D eigenvalue weighted by Crippen LogP contribution is 2.43. The van der Waals surface area contributed by atoms with Crippen molar-refractivity contribution in [3.63, 3.8) is 0 Å². The molecule has 0 aromatic heterocycles. The molecule has 0 N–H and O–H groups in total. The molecular weight excluding hydrogens is 483 g/mol. The highest BCUT2D eigenvalue weighted by atomic mass is 79.9. The van der Waals surface area contributed by atoms with Gasteiger partial charge in [0.2, 0.25) is 5.82 Å². The van der Waals surface area contributed by atoms with Crippen molar-refractivity contribution in [3.05, 3.63) is 93.2 Å². The number of para-hydroxylation sites is 1. The van der Waals surface area contributed by atoms with E-state index in [0.717, 1.165) is 9.48 Å². The molecule has 3 aromatic rings. The zero-order chi connectivity index (χ0) is 22.3. The number of rotatable bonds is 4. The van der Waals surface area contributed by atoms with Gasteiger partial charge in [-0.1, -0.05) is 46.3 Å². The van der Waals surface area contributed by atoms with Crippen molar-refractivity contribution in [3.8, 4) is 5.75 Å². The number of hydrazone groups is 1. The minimum atomic E-state index is -2.22. The van der Waals surface area contributed by atoms with Gasteiger partial charge in [-0.2, -0.15) is 5.10 Å². The minimum absolute atomic E-state index is 0.154. The number of hydrogen-bond donors (Lipinski definition) is 0. The maximum absolute atomic E-state index is 14.6. The smallest absolute Gasteiger partial charge is 0.200 e. The van der Waals surface area contributed by atoms with Gasteiger partial charge in [0, 0.05) is 16.5 Å². The van der Waals surface area contributed by atoms with E-state index >= 15 is 0 Å². The van der Waals surface area contributed by atoms with Crippen LogP contribution in [0, 0.1) is 29.1 Å². The first kappa shape index (κ1) is 21.3. The molecule has 1 heterocycles. The molecule has 9 heteroatoms. The molecule has 1 aliphatic rings. The second kappa shape index (κ2) is 8.30. The van der Waals surface area contributed by atoms with Crippen molar-refractivity contribution in [2.75, 3.05) is 12.1 Å². The number of anilines is 1. The van der Waals surface area contributed by atoms with E-state index in [0.29, 0.717) is 22.6 Å². The van der Waals surface area contributed by atoms with E-state index in [1.165, 1.54) is 7.11 Å². The summed E-state index contributed by atoms with van der Waals surface area (Å²) in [7, 11) is 1.42. The van der Waals surface area contributed by atoms with Crippen molar-refractivity contribution in [1.82, 2.24) is 0 Å². The van der Waals surface area contributed by atoms with Crippen molar-refractivity contribution in [2.45, 2.75) is 12.5 Å². The number of benzene rings is 3. The van der Waals surface area contributed by atoms with Gasteiger partial charge < -0.3 is 4.74 Å². The van der Waals surface area contributed by atoms with E-state index in [-0.39, 0.29) is 6.42 Å². The number of nitrogens with zero attached hydrogens (tertiary/aromatic N) is 2. The summed E-state index contributed by atoms with van der Waals surface area (Å²) in [5.41, 5.74) is 0.450. The van der Waals surface area contributed by atoms with Crippen molar-refractivity contribution < 1.29 is 26.7 Å². The van der Waals surface area contributed by atoms with E-state index < -0.39 is 40.8 Å². The monoisotopic (exact) mass is 496 g/mol. The Morgan fingerprint density at radius 2 is 1.45 bits per heavy atom. The highest BCUT2D eigenvalue weighted by Gasteiger charge is 2.38. The summed E-state index contributed by atoms with van der Waals surface area (Å²) in [6.45, 7) is 0. The van der Waals surface area contributed by atoms with E-state index in [1.54, 1.807) is 48.5 Å². The van der Waals surface area contributed by atoms with Crippen LogP contribution >= 0.6 is 15.9 Å². The average Bonchev–Trinajstić information content (AvgIpc) is 3.21. The van der Waals surface area contributed by atoms with Crippen LogP contribution in [0.3, 0.4) is 0 Å². The SMILES string of the molecule is COc1ccccc1C1CC(c2ccc(Br)cc2)=NN1c1c(F)c(F)c(F)c(F)c1F. The lowest BCUT2D eigenvalue weighted by Gasteiger charge is -2.26. The molecule has 0 amide bonds. The predicted octanol–water partition coefficient (Wildman–Crippen LogP) is 6.51. The summed E-state index contributed by atoms with van der Waals surface area (Å²) in [5.74, 6) is -9.77. The van der Waals surface area contributed by atoms with Gasteiger partial charge >= 0.3 is 0 Å². The van der Waals surface area contributed by atoms with Crippen LogP contribution in [0.2, 0.25) is 0 Å². The third kappa shape index (κ3) is 3.67. The Balaban J connectivity index is 1.92. The van der Waals surface area contributed by atoms with Crippen LogP contribution in [-0.4, -0.2) is 12.8 Å². The standard InChI is InChI=1S/C22H14BrF5N2O/c1-31-16-5-3-2-4-13(16)15-10-14(11-6-8-12(23)9-7-11)29-30(15)22-20(27)18(25)17(24)19(26)21(22)28/h2-9,15H,10H2,1H3. The summed E-state index contributed by atoms with van der Waals surface area (Å²) in [6, 6.07) is 12.8. The first-order chi connectivity index (χ1) is 14.8. The van der Waals surface area contributed by atoms with Crippen LogP contribution in [0.25, 0.3) is 0 Å². The molecule has 3 nitrogen and oxygen atoms in total. The number of ether oxygens (including phenoxy) is 1. The zero-order valence-corrected chi connectivity index (χ0v) is 17.6. The normalized spacial score (nSPS) is 15.9. The van der Waals surface area contributed by atoms with Crippen molar-refractivity contribution in [2.24, 2.45) is 5.10 Å². The minimum Gasteiger partial charge on any atom is -0.496 e. The van der Waals surface area contributed by atoms with Crippen LogP contribution < -0.4 is 9.75 Å². The fraction of sp³-hybridized carbons (Fsp3) is 0.136. The molecular formula is C22H14BrF5N2O. The first-order valence-electron chi connectivity index (χ1n) is 9.10. The molecule has 1 unspecified atom stereocenters. The summed E-state index contributed by atoms with van der Waals surface area (Å²) < 4.78 is 76.9. The molecule has 0 aliphatic carbocycles. The Hall–Kier alpha value is -2.94. The van der Waals surface area contributed by atoms with Gasteiger partial charge in [0.25, 0.3) is 0 Å². The molecule has 160 valence electrons. The second-order valence-electron chi connectivity index (χ2n) is 6.78. The summed E-state index contributed by atoms with van der Waals surface area (Å²) in [4.78, 5) is 0. The Bertz CT molecular complexity index is 1150. The van der Waals surface area contributed by atoms with Gasteiger partial charge in [-0.3, -0.25) is 5.01 Å². The maximum atomic E-state index is 14.6. The molecule has 1 atom stereocenters. The number of halogens is 6. The third-order valence-corrected chi connectivity index (χ3v) is 5.53. The van der Waals surface area contributed by atoms with Crippen molar-refractivity contribution >= 4 is 27.3 Å². The molecule has 0 saturated heterocycles. The zero-order valence-electron chi connectivity index (χ0n) is 16.0. The quantitative estimate of drug-likeness (QED) is 0.233. The molecule has 31 heavy (non-hydrogen) atoms. The molecule has 1 aliphatic heterocycles. The molecule has 4 rings (SSSR count). The van der Waals surface area contributed by atoms with E-state index in [9.17, 15) is 22.0 Å². The molecule has 0 fully saturated rings. The van der Waals surface area contributed by atoms with Gasteiger partial charge in [0.1, 0.15) is 11.4 Å². The van der Waals surface area contributed by atoms with Crippen LogP contribution in [0.15, 0.2) is 58.1 Å². The molecule has 0 radical (unpaired) electrons. The molecule has 0 saturated carbocycles. The highest BCUT2D eigenvalue weighted by molar-refractivity contribution is 9.10.